The van der Waals surface area contributed by atoms with E-state index in [1.54, 1.807) is 24.3 Å². The second kappa shape index (κ2) is 7.34. The zero-order valence-electron chi connectivity index (χ0n) is 11.6. The molecule has 0 aliphatic rings. The van der Waals surface area contributed by atoms with Gasteiger partial charge in [0.15, 0.2) is 11.6 Å². The molecule has 2 rings (SSSR count). The van der Waals surface area contributed by atoms with Crippen LogP contribution in [-0.4, -0.2) is 17.7 Å². The molecule has 0 bridgehead atoms. The van der Waals surface area contributed by atoms with Crippen LogP contribution in [0.4, 0.5) is 23.7 Å². The quantitative estimate of drug-likeness (QED) is 0.742. The molecule has 23 heavy (non-hydrogen) atoms. The van der Waals surface area contributed by atoms with E-state index in [1.165, 1.54) is 0 Å². The number of carbonyl (C=O) groups excluding carboxylic acids is 1. The van der Waals surface area contributed by atoms with Gasteiger partial charge in [-0.3, -0.25) is 0 Å². The Hall–Kier alpha value is -2.25. The van der Waals surface area contributed by atoms with Gasteiger partial charge in [-0.05, 0) is 6.07 Å². The van der Waals surface area contributed by atoms with Gasteiger partial charge in [-0.15, -0.1) is 0 Å². The minimum absolute atomic E-state index is 0.207. The molecule has 1 unspecified atom stereocenters. The van der Waals surface area contributed by atoms with E-state index in [1.807, 2.05) is 5.32 Å². The van der Waals surface area contributed by atoms with Gasteiger partial charge in [0.05, 0.1) is 11.8 Å². The zero-order chi connectivity index (χ0) is 17.0. The molecule has 0 aliphatic carbocycles. The molecular weight excluding hydrogens is 333 g/mol. The molecule has 2 amide bonds. The molecule has 0 saturated heterocycles. The maximum Gasteiger partial charge on any atom is 0.319 e. The second-order valence-corrected chi connectivity index (χ2v) is 5.03. The van der Waals surface area contributed by atoms with Gasteiger partial charge in [0, 0.05) is 29.3 Å². The minimum Gasteiger partial charge on any atom is -0.387 e. The second-order valence-electron chi connectivity index (χ2n) is 4.62. The van der Waals surface area contributed by atoms with Crippen LogP contribution in [0.15, 0.2) is 36.4 Å². The first kappa shape index (κ1) is 17.1. The van der Waals surface area contributed by atoms with Crippen LogP contribution < -0.4 is 10.6 Å². The highest BCUT2D eigenvalue weighted by atomic mass is 35.5. The van der Waals surface area contributed by atoms with Crippen molar-refractivity contribution in [1.29, 1.82) is 0 Å². The molecule has 2 aromatic carbocycles. The summed E-state index contributed by atoms with van der Waals surface area (Å²) in [5.41, 5.74) is -0.109. The molecule has 0 aromatic heterocycles. The number of halogens is 4. The predicted molar refractivity (Wildman–Crippen MR) is 79.7 cm³/mol. The Morgan fingerprint density at radius 2 is 1.78 bits per heavy atom. The lowest BCUT2D eigenvalue weighted by Crippen LogP contribution is -2.32. The van der Waals surface area contributed by atoms with Gasteiger partial charge in [-0.2, -0.15) is 0 Å². The summed E-state index contributed by atoms with van der Waals surface area (Å²) < 4.78 is 39.2. The number of amides is 2. The summed E-state index contributed by atoms with van der Waals surface area (Å²) in [6.07, 6.45) is -1.08. The van der Waals surface area contributed by atoms with Crippen molar-refractivity contribution >= 4 is 23.3 Å². The number of anilines is 1. The predicted octanol–water partition coefficient (Wildman–Crippen LogP) is 3.61. The molecule has 0 heterocycles. The van der Waals surface area contributed by atoms with Gasteiger partial charge in [0.2, 0.25) is 0 Å². The summed E-state index contributed by atoms with van der Waals surface area (Å²) in [4.78, 5) is 11.6. The Morgan fingerprint density at radius 3 is 2.48 bits per heavy atom. The van der Waals surface area contributed by atoms with Crippen molar-refractivity contribution in [2.45, 2.75) is 6.10 Å². The molecule has 0 aliphatic heterocycles. The first-order valence-electron chi connectivity index (χ1n) is 6.50. The van der Waals surface area contributed by atoms with Crippen LogP contribution in [0.3, 0.4) is 0 Å². The smallest absolute Gasteiger partial charge is 0.319 e. The van der Waals surface area contributed by atoms with Crippen molar-refractivity contribution in [3.8, 4) is 0 Å². The molecule has 0 radical (unpaired) electrons. The van der Waals surface area contributed by atoms with Gasteiger partial charge >= 0.3 is 6.03 Å². The number of urea groups is 1. The topological polar surface area (TPSA) is 61.4 Å². The summed E-state index contributed by atoms with van der Waals surface area (Å²) in [5.74, 6) is -3.77. The van der Waals surface area contributed by atoms with Gasteiger partial charge in [0.1, 0.15) is 5.82 Å². The van der Waals surface area contributed by atoms with E-state index in [-0.39, 0.29) is 6.54 Å². The highest BCUT2D eigenvalue weighted by Crippen LogP contribution is 2.22. The first-order chi connectivity index (χ1) is 10.9. The monoisotopic (exact) mass is 344 g/mol. The van der Waals surface area contributed by atoms with Crippen molar-refractivity contribution in [3.05, 3.63) is 64.4 Å². The van der Waals surface area contributed by atoms with Gasteiger partial charge in [0.25, 0.3) is 0 Å². The summed E-state index contributed by atoms with van der Waals surface area (Å²) >= 11 is 5.90. The van der Waals surface area contributed by atoms with E-state index >= 15 is 0 Å². The molecule has 8 heteroatoms. The van der Waals surface area contributed by atoms with E-state index in [2.05, 4.69) is 5.32 Å². The fraction of sp³-hybridized carbons (Fsp3) is 0.133. The minimum atomic E-state index is -1.36. The van der Waals surface area contributed by atoms with E-state index in [9.17, 15) is 23.1 Å². The molecular formula is C15H12ClF3N2O2. The highest BCUT2D eigenvalue weighted by molar-refractivity contribution is 6.31. The van der Waals surface area contributed by atoms with E-state index in [0.717, 1.165) is 0 Å². The number of benzene rings is 2. The van der Waals surface area contributed by atoms with Gasteiger partial charge < -0.3 is 15.7 Å². The highest BCUT2D eigenvalue weighted by Gasteiger charge is 2.15. The average molecular weight is 345 g/mol. The lowest BCUT2D eigenvalue weighted by Gasteiger charge is -2.14. The molecule has 3 N–H and O–H groups in total. The maximum atomic E-state index is 13.4. The van der Waals surface area contributed by atoms with Gasteiger partial charge in [-0.25, -0.2) is 18.0 Å². The van der Waals surface area contributed by atoms with E-state index in [0.29, 0.717) is 22.7 Å². The molecule has 2 aromatic rings. The number of aliphatic hydroxyl groups excluding tert-OH is 1. The largest absolute Gasteiger partial charge is 0.387 e. The molecule has 0 saturated carbocycles. The zero-order valence-corrected chi connectivity index (χ0v) is 12.4. The van der Waals surface area contributed by atoms with Crippen molar-refractivity contribution in [2.24, 2.45) is 0 Å². The third-order valence-corrected chi connectivity index (χ3v) is 3.32. The number of nitrogens with one attached hydrogen (secondary N) is 2. The Bertz CT molecular complexity index is 728. The Morgan fingerprint density at radius 1 is 1.13 bits per heavy atom. The fourth-order valence-corrected chi connectivity index (χ4v) is 2.09. The molecule has 0 fully saturated rings. The van der Waals surface area contributed by atoms with Crippen molar-refractivity contribution in [1.82, 2.24) is 5.32 Å². The third kappa shape index (κ3) is 4.37. The SMILES string of the molecule is O=C(NCC(O)c1ccccc1Cl)Nc1cc(F)c(F)cc1F. The van der Waals surface area contributed by atoms with Crippen molar-refractivity contribution in [3.63, 3.8) is 0 Å². The lowest BCUT2D eigenvalue weighted by molar-refractivity contribution is 0.175. The third-order valence-electron chi connectivity index (χ3n) is 2.98. The Labute approximate surface area is 134 Å². The number of hydrogen-bond acceptors (Lipinski definition) is 2. The van der Waals surface area contributed by atoms with Crippen LogP contribution in [0, 0.1) is 17.5 Å². The number of hydrogen-bond donors (Lipinski definition) is 3. The standard InChI is InChI=1S/C15H12ClF3N2O2/c16-9-4-2-1-3-8(9)14(22)7-20-15(23)21-13-6-11(18)10(17)5-12(13)19/h1-6,14,22H,7H2,(H2,20,21,23). The van der Waals surface area contributed by atoms with Crippen molar-refractivity contribution in [2.75, 3.05) is 11.9 Å². The summed E-state index contributed by atoms with van der Waals surface area (Å²) in [7, 11) is 0. The first-order valence-corrected chi connectivity index (χ1v) is 6.88. The molecule has 122 valence electrons. The average Bonchev–Trinajstić information content (AvgIpc) is 2.51. The van der Waals surface area contributed by atoms with Crippen LogP contribution in [0.25, 0.3) is 0 Å². The molecule has 4 nitrogen and oxygen atoms in total. The summed E-state index contributed by atoms with van der Waals surface area (Å²) in [6.45, 7) is -0.207. The number of carbonyl (C=O) groups is 1. The van der Waals surface area contributed by atoms with Crippen LogP contribution >= 0.6 is 11.6 Å². The number of aliphatic hydroxyl groups is 1. The van der Waals surface area contributed by atoms with Crippen molar-refractivity contribution < 1.29 is 23.1 Å². The Kier molecular flexibility index (Phi) is 5.46. The summed E-state index contributed by atoms with van der Waals surface area (Å²) in [6, 6.07) is 6.48. The maximum absolute atomic E-state index is 13.4. The normalized spacial score (nSPS) is 11.9. The molecule has 1 atom stereocenters. The molecule has 0 spiro atoms. The van der Waals surface area contributed by atoms with E-state index < -0.39 is 35.3 Å². The lowest BCUT2D eigenvalue weighted by atomic mass is 10.1. The van der Waals surface area contributed by atoms with Gasteiger partial charge in [-0.1, -0.05) is 29.8 Å². The van der Waals surface area contributed by atoms with E-state index in [4.69, 9.17) is 11.6 Å². The van der Waals surface area contributed by atoms with Crippen LogP contribution in [0.5, 0.6) is 0 Å². The fourth-order valence-electron chi connectivity index (χ4n) is 1.83. The van der Waals surface area contributed by atoms with Crippen LogP contribution in [0.2, 0.25) is 5.02 Å². The number of rotatable bonds is 4. The Balaban J connectivity index is 1.96. The summed E-state index contributed by atoms with van der Waals surface area (Å²) in [5, 5.41) is 14.6. The van der Waals surface area contributed by atoms with Crippen LogP contribution in [-0.2, 0) is 0 Å². The van der Waals surface area contributed by atoms with Crippen LogP contribution in [0.1, 0.15) is 11.7 Å².